The van der Waals surface area contributed by atoms with E-state index in [-0.39, 0.29) is 5.91 Å². The quantitative estimate of drug-likeness (QED) is 0.737. The number of benzene rings is 2. The summed E-state index contributed by atoms with van der Waals surface area (Å²) < 4.78 is 1.86. The number of nitrogens with zero attached hydrogens (tertiary/aromatic N) is 3. The number of likely N-dealkylation sites (tertiary alicyclic amines) is 1. The van der Waals surface area contributed by atoms with Gasteiger partial charge in [0.05, 0.1) is 23.1 Å². The molecule has 4 rings (SSSR count). The number of aromatic nitrogens is 2. The number of hydrogen-bond donors (Lipinski definition) is 0. The van der Waals surface area contributed by atoms with E-state index < -0.39 is 0 Å². The predicted octanol–water partition coefficient (Wildman–Crippen LogP) is 3.78. The van der Waals surface area contributed by atoms with Crippen molar-refractivity contribution in [3.63, 3.8) is 0 Å². The summed E-state index contributed by atoms with van der Waals surface area (Å²) >= 11 is 0. The molecule has 4 nitrogen and oxygen atoms in total. The smallest absolute Gasteiger partial charge is 0.257 e. The average Bonchev–Trinajstić information content (AvgIpc) is 3.32. The van der Waals surface area contributed by atoms with E-state index in [0.29, 0.717) is 5.56 Å². The Balaban J connectivity index is 1.85. The third-order valence-electron chi connectivity index (χ3n) is 4.44. The maximum atomic E-state index is 13.0. The van der Waals surface area contributed by atoms with E-state index >= 15 is 0 Å². The van der Waals surface area contributed by atoms with E-state index in [1.54, 1.807) is 6.20 Å². The zero-order valence-corrected chi connectivity index (χ0v) is 13.4. The topological polar surface area (TPSA) is 38.1 Å². The number of para-hydroxylation sites is 1. The van der Waals surface area contributed by atoms with Crippen LogP contribution in [0.25, 0.3) is 16.9 Å². The largest absolute Gasteiger partial charge is 0.339 e. The third-order valence-corrected chi connectivity index (χ3v) is 4.44. The number of hydrogen-bond acceptors (Lipinski definition) is 2. The Bertz CT molecular complexity index is 834. The van der Waals surface area contributed by atoms with Gasteiger partial charge in [0.2, 0.25) is 0 Å². The van der Waals surface area contributed by atoms with Gasteiger partial charge >= 0.3 is 0 Å². The molecule has 1 amide bonds. The van der Waals surface area contributed by atoms with Crippen molar-refractivity contribution in [2.24, 2.45) is 0 Å². The molecule has 0 atom stereocenters. The van der Waals surface area contributed by atoms with Crippen LogP contribution in [0.1, 0.15) is 23.2 Å². The molecule has 1 saturated heterocycles. The molecule has 1 aliphatic heterocycles. The van der Waals surface area contributed by atoms with E-state index in [9.17, 15) is 4.79 Å². The van der Waals surface area contributed by atoms with Crippen LogP contribution < -0.4 is 0 Å². The highest BCUT2D eigenvalue weighted by molar-refractivity contribution is 6.00. The van der Waals surface area contributed by atoms with Crippen LogP contribution in [0.2, 0.25) is 0 Å². The number of carbonyl (C=O) groups excluding carboxylic acids is 1. The van der Waals surface area contributed by atoms with Crippen molar-refractivity contribution in [2.75, 3.05) is 13.1 Å². The first kappa shape index (κ1) is 14.7. The first-order chi connectivity index (χ1) is 11.8. The molecule has 0 aliphatic carbocycles. The molecular weight excluding hydrogens is 298 g/mol. The van der Waals surface area contributed by atoms with Gasteiger partial charge in [-0.05, 0) is 25.0 Å². The maximum Gasteiger partial charge on any atom is 0.257 e. The molecule has 0 saturated carbocycles. The van der Waals surface area contributed by atoms with Crippen LogP contribution in [0, 0.1) is 0 Å². The molecule has 1 aliphatic rings. The van der Waals surface area contributed by atoms with Crippen LogP contribution in [0.3, 0.4) is 0 Å². The van der Waals surface area contributed by atoms with Crippen molar-refractivity contribution in [3.8, 4) is 16.9 Å². The van der Waals surface area contributed by atoms with E-state index in [1.165, 1.54) is 0 Å². The second-order valence-corrected chi connectivity index (χ2v) is 6.02. The normalized spacial score (nSPS) is 14.1. The van der Waals surface area contributed by atoms with Crippen LogP contribution in [0.5, 0.6) is 0 Å². The highest BCUT2D eigenvalue weighted by Crippen LogP contribution is 2.28. The molecule has 0 bridgehead atoms. The monoisotopic (exact) mass is 317 g/mol. The minimum atomic E-state index is 0.0773. The molecule has 0 spiro atoms. The van der Waals surface area contributed by atoms with Crippen molar-refractivity contribution in [1.29, 1.82) is 0 Å². The van der Waals surface area contributed by atoms with E-state index in [4.69, 9.17) is 0 Å². The van der Waals surface area contributed by atoms with Gasteiger partial charge < -0.3 is 4.90 Å². The minimum Gasteiger partial charge on any atom is -0.339 e. The zero-order valence-electron chi connectivity index (χ0n) is 13.4. The minimum absolute atomic E-state index is 0.0773. The van der Waals surface area contributed by atoms with Gasteiger partial charge in [0.15, 0.2) is 0 Å². The van der Waals surface area contributed by atoms with Gasteiger partial charge in [-0.3, -0.25) is 4.79 Å². The molecule has 0 N–H and O–H groups in total. The average molecular weight is 317 g/mol. The lowest BCUT2D eigenvalue weighted by Crippen LogP contribution is -2.27. The summed E-state index contributed by atoms with van der Waals surface area (Å²) in [7, 11) is 0. The second kappa shape index (κ2) is 6.32. The van der Waals surface area contributed by atoms with Crippen molar-refractivity contribution >= 4 is 5.91 Å². The van der Waals surface area contributed by atoms with E-state index in [2.05, 4.69) is 5.10 Å². The number of rotatable bonds is 3. The highest BCUT2D eigenvalue weighted by Gasteiger charge is 2.25. The Morgan fingerprint density at radius 1 is 0.875 bits per heavy atom. The Hall–Kier alpha value is -2.88. The fraction of sp³-hybridized carbons (Fsp3) is 0.200. The Labute approximate surface area is 141 Å². The summed E-state index contributed by atoms with van der Waals surface area (Å²) in [6.45, 7) is 1.67. The van der Waals surface area contributed by atoms with Crippen molar-refractivity contribution in [3.05, 3.63) is 72.4 Å². The summed E-state index contributed by atoms with van der Waals surface area (Å²) in [5.74, 6) is 0.0773. The van der Waals surface area contributed by atoms with Crippen molar-refractivity contribution in [2.45, 2.75) is 12.8 Å². The van der Waals surface area contributed by atoms with Gasteiger partial charge in [-0.15, -0.1) is 0 Å². The highest BCUT2D eigenvalue weighted by atomic mass is 16.2. The van der Waals surface area contributed by atoms with Gasteiger partial charge in [0.1, 0.15) is 0 Å². The summed E-state index contributed by atoms with van der Waals surface area (Å²) in [6, 6.07) is 20.0. The molecule has 120 valence electrons. The maximum absolute atomic E-state index is 13.0. The van der Waals surface area contributed by atoms with Crippen molar-refractivity contribution < 1.29 is 4.79 Å². The number of carbonyl (C=O) groups is 1. The van der Waals surface area contributed by atoms with Crippen molar-refractivity contribution in [1.82, 2.24) is 14.7 Å². The predicted molar refractivity (Wildman–Crippen MR) is 94.1 cm³/mol. The lowest BCUT2D eigenvalue weighted by Gasteiger charge is -2.16. The summed E-state index contributed by atoms with van der Waals surface area (Å²) in [4.78, 5) is 14.9. The lowest BCUT2D eigenvalue weighted by atomic mass is 10.1. The van der Waals surface area contributed by atoms with Crippen LogP contribution in [-0.2, 0) is 0 Å². The van der Waals surface area contributed by atoms with E-state index in [1.807, 2.05) is 70.2 Å². The van der Waals surface area contributed by atoms with Crippen LogP contribution in [0.4, 0.5) is 0 Å². The Kier molecular flexibility index (Phi) is 3.87. The standard InChI is InChI=1S/C20H19N3O/c24-20(22-13-7-8-14-22)18-15-21-23(17-11-5-2-6-12-17)19(18)16-9-3-1-4-10-16/h1-6,9-12,15H,7-8,13-14H2. The molecule has 2 aromatic carbocycles. The molecule has 24 heavy (non-hydrogen) atoms. The zero-order chi connectivity index (χ0) is 16.4. The second-order valence-electron chi connectivity index (χ2n) is 6.02. The summed E-state index contributed by atoms with van der Waals surface area (Å²) in [5.41, 5.74) is 3.49. The van der Waals surface area contributed by atoms with Gasteiger partial charge in [-0.1, -0.05) is 48.5 Å². The third kappa shape index (κ3) is 2.60. The number of amides is 1. The summed E-state index contributed by atoms with van der Waals surface area (Å²) in [5, 5.41) is 4.52. The van der Waals surface area contributed by atoms with Crippen LogP contribution in [0.15, 0.2) is 66.9 Å². The van der Waals surface area contributed by atoms with Gasteiger partial charge in [0, 0.05) is 18.7 Å². The molecule has 1 fully saturated rings. The first-order valence-corrected chi connectivity index (χ1v) is 8.33. The summed E-state index contributed by atoms with van der Waals surface area (Å²) in [6.07, 6.45) is 3.87. The SMILES string of the molecule is O=C(c1cnn(-c2ccccc2)c1-c1ccccc1)N1CCCC1. The van der Waals surface area contributed by atoms with Crippen LogP contribution >= 0.6 is 0 Å². The molecule has 0 unspecified atom stereocenters. The first-order valence-electron chi connectivity index (χ1n) is 8.33. The van der Waals surface area contributed by atoms with Crippen LogP contribution in [-0.4, -0.2) is 33.7 Å². The fourth-order valence-corrected chi connectivity index (χ4v) is 3.23. The molecule has 1 aromatic heterocycles. The molecule has 0 radical (unpaired) electrons. The van der Waals surface area contributed by atoms with Gasteiger partial charge in [0.25, 0.3) is 5.91 Å². The van der Waals surface area contributed by atoms with Gasteiger partial charge in [-0.2, -0.15) is 5.10 Å². The fourth-order valence-electron chi connectivity index (χ4n) is 3.23. The molecule has 2 heterocycles. The molecular formula is C20H19N3O. The van der Waals surface area contributed by atoms with Gasteiger partial charge in [-0.25, -0.2) is 4.68 Å². The lowest BCUT2D eigenvalue weighted by molar-refractivity contribution is 0.0793. The van der Waals surface area contributed by atoms with E-state index in [0.717, 1.165) is 42.9 Å². The molecule has 3 aromatic rings. The Morgan fingerprint density at radius 3 is 2.17 bits per heavy atom. The Morgan fingerprint density at radius 2 is 1.50 bits per heavy atom. The molecule has 4 heteroatoms.